The molecule has 0 atom stereocenters. The summed E-state index contributed by atoms with van der Waals surface area (Å²) < 4.78 is 289. The molecule has 0 aromatic heterocycles. The second-order valence-corrected chi connectivity index (χ2v) is 13.3. The quantitative estimate of drug-likeness (QED) is 0.161. The number of alkyl halides is 18. The fraction of sp³-hybridized carbons (Fsp3) is 0.381. The lowest BCUT2D eigenvalue weighted by atomic mass is 10.1. The number of hydrogen-bond donors (Lipinski definition) is 2. The predicted octanol–water partition coefficient (Wildman–Crippen LogP) is 8.91. The Morgan fingerprint density at radius 2 is 0.769 bits per heavy atom. The molecule has 2 aromatic rings. The van der Waals surface area contributed by atoms with Gasteiger partial charge < -0.3 is 19.0 Å². The number of benzene rings is 2. The first kappa shape index (κ1) is 44.7. The minimum Gasteiger partial charge on any atom is -0.376 e. The van der Waals surface area contributed by atoms with Crippen LogP contribution in [0.5, 0.6) is 11.5 Å². The van der Waals surface area contributed by atoms with Crippen LogP contribution < -0.4 is 19.0 Å². The van der Waals surface area contributed by atoms with Gasteiger partial charge in [0.2, 0.25) is 0 Å². The van der Waals surface area contributed by atoms with Gasteiger partial charge in [-0.3, -0.25) is 0 Å². The van der Waals surface area contributed by atoms with E-state index in [-0.39, 0.29) is 12.1 Å². The number of halogens is 20. The number of anilines is 2. The molecule has 0 saturated heterocycles. The molecule has 0 saturated carbocycles. The maximum atomic E-state index is 13.9. The van der Waals surface area contributed by atoms with Crippen LogP contribution in [0.2, 0.25) is 10.0 Å². The molecular weight excluding hydrogens is 869 g/mol. The lowest BCUT2D eigenvalue weighted by Gasteiger charge is -2.32. The summed E-state index contributed by atoms with van der Waals surface area (Å²) in [5.41, 5.74) is -1.27. The Hall–Kier alpha value is -3.47. The van der Waals surface area contributed by atoms with Crippen LogP contribution in [0.4, 0.5) is 95.2 Å². The Labute approximate surface area is 285 Å². The Kier molecular flexibility index (Phi) is 11.5. The average Bonchev–Trinajstić information content (AvgIpc) is 2.94. The number of hydrogen-bond acceptors (Lipinski definition) is 7. The highest BCUT2D eigenvalue weighted by Gasteiger charge is 2.87. The van der Waals surface area contributed by atoms with Gasteiger partial charge in [-0.05, 0) is 36.4 Å². The zero-order valence-electron chi connectivity index (χ0n) is 23.2. The lowest BCUT2D eigenvalue weighted by molar-refractivity contribution is -0.382. The number of rotatable bonds is 12. The lowest BCUT2D eigenvalue weighted by Crippen LogP contribution is -2.63. The van der Waals surface area contributed by atoms with Crippen LogP contribution in [-0.2, 0) is 20.2 Å². The van der Waals surface area contributed by atoms with E-state index in [1.54, 1.807) is 10.6 Å². The van der Waals surface area contributed by atoms with Gasteiger partial charge in [-0.2, -0.15) is 95.9 Å². The highest BCUT2D eigenvalue weighted by Crippen LogP contribution is 2.56. The summed E-state index contributed by atoms with van der Waals surface area (Å²) in [6.45, 7) is 0. The van der Waals surface area contributed by atoms with Crippen LogP contribution in [0.3, 0.4) is 0 Å². The van der Waals surface area contributed by atoms with Gasteiger partial charge in [-0.1, -0.05) is 23.2 Å². The molecule has 9 nitrogen and oxygen atoms in total. The molecule has 2 N–H and O–H groups in total. The van der Waals surface area contributed by atoms with E-state index in [2.05, 4.69) is 8.37 Å². The van der Waals surface area contributed by atoms with Crippen molar-refractivity contribution in [3.63, 3.8) is 0 Å². The molecule has 0 aliphatic rings. The minimum atomic E-state index is -7.65. The molecule has 0 aliphatic carbocycles. The standard InChI is InChI=1S/C21H8Cl2F18N2O7S2/c22-9-5-7(1-3-11(9)49-51(45,46)20(38,39)16(28,29)14(24,25)18(32,33)34)42-13(44)43-8-2-4-12(10(23)6-8)50-52(47,48)21(40,41)17(30,31)15(26,27)19(35,36)37/h1-6H,(H2,42,43,44). The van der Waals surface area contributed by atoms with E-state index >= 15 is 0 Å². The highest BCUT2D eigenvalue weighted by molar-refractivity contribution is 7.88. The molecule has 31 heteroatoms. The van der Waals surface area contributed by atoms with Crippen LogP contribution in [0.15, 0.2) is 36.4 Å². The zero-order chi connectivity index (χ0) is 41.1. The van der Waals surface area contributed by atoms with Crippen molar-refractivity contribution in [2.45, 2.75) is 46.6 Å². The first-order chi connectivity index (χ1) is 22.8. The SMILES string of the molecule is O=C(Nc1ccc(OS(=O)(=O)C(F)(F)C(F)(F)C(F)(F)C(F)(F)F)c(Cl)c1)Nc1ccc(OS(=O)(=O)C(F)(F)C(F)(F)C(F)(F)C(F)(F)F)c(Cl)c1. The number of carbonyl (C=O) groups excluding carboxylic acids is 1. The monoisotopic (exact) mass is 876 g/mol. The molecule has 0 fully saturated rings. The average molecular weight is 877 g/mol. The van der Waals surface area contributed by atoms with Crippen LogP contribution in [0.25, 0.3) is 0 Å². The summed E-state index contributed by atoms with van der Waals surface area (Å²) in [6.07, 6.45) is -14.8. The molecule has 0 aliphatic heterocycles. The summed E-state index contributed by atoms with van der Waals surface area (Å²) in [5.74, 6) is -33.8. The van der Waals surface area contributed by atoms with Crippen molar-refractivity contribution < 1.29 is 109 Å². The van der Waals surface area contributed by atoms with Gasteiger partial charge in [-0.15, -0.1) is 0 Å². The van der Waals surface area contributed by atoms with Gasteiger partial charge in [0.1, 0.15) is 0 Å². The van der Waals surface area contributed by atoms with Crippen LogP contribution in [0.1, 0.15) is 0 Å². The molecule has 2 aromatic carbocycles. The number of carbonyl (C=O) groups is 1. The molecule has 0 spiro atoms. The molecule has 296 valence electrons. The Bertz CT molecular complexity index is 1790. The largest absolute Gasteiger partial charge is 0.460 e. The highest BCUT2D eigenvalue weighted by atomic mass is 35.5. The van der Waals surface area contributed by atoms with E-state index in [0.717, 1.165) is 0 Å². The van der Waals surface area contributed by atoms with Gasteiger partial charge in [0.15, 0.2) is 11.5 Å². The first-order valence-corrected chi connectivity index (χ1v) is 15.3. The van der Waals surface area contributed by atoms with Crippen LogP contribution >= 0.6 is 23.2 Å². The van der Waals surface area contributed by atoms with Gasteiger partial charge >= 0.3 is 72.8 Å². The third kappa shape index (κ3) is 7.62. The summed E-state index contributed by atoms with van der Waals surface area (Å²) in [6, 6.07) is 0.473. The van der Waals surface area contributed by atoms with Crippen LogP contribution in [0, 0.1) is 0 Å². The van der Waals surface area contributed by atoms with E-state index in [9.17, 15) is 101 Å². The van der Waals surface area contributed by atoms with Crippen molar-refractivity contribution >= 4 is 60.8 Å². The Morgan fingerprint density at radius 1 is 0.500 bits per heavy atom. The minimum absolute atomic E-state index is 0.166. The predicted molar refractivity (Wildman–Crippen MR) is 136 cm³/mol. The molecule has 0 unspecified atom stereocenters. The van der Waals surface area contributed by atoms with Crippen LogP contribution in [-0.4, -0.2) is 69.4 Å². The maximum Gasteiger partial charge on any atom is 0.460 e. The first-order valence-electron chi connectivity index (χ1n) is 11.8. The molecule has 0 heterocycles. The Balaban J connectivity index is 2.24. The van der Waals surface area contributed by atoms with E-state index in [1.165, 1.54) is 0 Å². The van der Waals surface area contributed by atoms with Crippen molar-refractivity contribution in [2.24, 2.45) is 0 Å². The molecule has 52 heavy (non-hydrogen) atoms. The smallest absolute Gasteiger partial charge is 0.376 e. The van der Waals surface area contributed by atoms with Gasteiger partial charge in [0.25, 0.3) is 0 Å². The summed E-state index contributed by atoms with van der Waals surface area (Å²) in [4.78, 5) is 12.2. The van der Waals surface area contributed by atoms with E-state index in [0.29, 0.717) is 24.3 Å². The van der Waals surface area contributed by atoms with Crippen molar-refractivity contribution in [3.8, 4) is 11.5 Å². The number of amides is 2. The summed E-state index contributed by atoms with van der Waals surface area (Å²) in [7, 11) is -14.9. The van der Waals surface area contributed by atoms with Crippen molar-refractivity contribution in [3.05, 3.63) is 46.4 Å². The third-order valence-corrected chi connectivity index (χ3v) is 8.80. The van der Waals surface area contributed by atoms with Crippen molar-refractivity contribution in [2.75, 3.05) is 10.6 Å². The van der Waals surface area contributed by atoms with Gasteiger partial charge in [0.05, 0.1) is 10.0 Å². The zero-order valence-corrected chi connectivity index (χ0v) is 26.3. The third-order valence-electron chi connectivity index (χ3n) is 5.64. The Morgan fingerprint density at radius 3 is 1.00 bits per heavy atom. The topological polar surface area (TPSA) is 128 Å². The normalized spacial score (nSPS) is 14.5. The van der Waals surface area contributed by atoms with Crippen molar-refractivity contribution in [1.29, 1.82) is 0 Å². The summed E-state index contributed by atoms with van der Waals surface area (Å²) in [5, 5.41) is -13.4. The van der Waals surface area contributed by atoms with Gasteiger partial charge in [-0.25, -0.2) is 4.79 Å². The number of nitrogens with one attached hydrogen (secondary N) is 2. The van der Waals surface area contributed by atoms with E-state index in [4.69, 9.17) is 23.2 Å². The van der Waals surface area contributed by atoms with Gasteiger partial charge in [0, 0.05) is 11.4 Å². The second kappa shape index (κ2) is 13.4. The molecule has 2 amide bonds. The molecule has 0 radical (unpaired) electrons. The van der Waals surface area contributed by atoms with E-state index in [1.807, 2.05) is 0 Å². The van der Waals surface area contributed by atoms with E-state index < -0.39 is 106 Å². The molecule has 0 bridgehead atoms. The maximum absolute atomic E-state index is 13.9. The fourth-order valence-corrected chi connectivity index (χ4v) is 5.35. The number of urea groups is 1. The molecular formula is C21H8Cl2F18N2O7S2. The van der Waals surface area contributed by atoms with Crippen molar-refractivity contribution in [1.82, 2.24) is 0 Å². The second-order valence-electron chi connectivity index (χ2n) is 9.27. The fourth-order valence-electron chi connectivity index (χ4n) is 2.96. The molecule has 2 rings (SSSR count). The summed E-state index contributed by atoms with van der Waals surface area (Å²) >= 11 is 11.0.